The first-order valence-electron chi connectivity index (χ1n) is 17.5. The number of allylic oxidation sites excluding steroid dienone is 1. The molecule has 0 radical (unpaired) electrons. The van der Waals surface area contributed by atoms with Crippen LogP contribution >= 0.6 is 0 Å². The van der Waals surface area contributed by atoms with Crippen LogP contribution in [0.25, 0.3) is 0 Å². The van der Waals surface area contributed by atoms with E-state index in [2.05, 4.69) is 47.6 Å². The molecule has 1 aliphatic heterocycles. The minimum Gasteiger partial charge on any atom is -0.394 e. The number of rotatable bonds is 8. The van der Waals surface area contributed by atoms with Crippen LogP contribution in [0, 0.1) is 45.3 Å². The van der Waals surface area contributed by atoms with Crippen molar-refractivity contribution in [3.8, 4) is 0 Å². The molecule has 1 heterocycles. The summed E-state index contributed by atoms with van der Waals surface area (Å²) in [7, 11) is 0. The van der Waals surface area contributed by atoms with E-state index in [4.69, 9.17) is 9.47 Å². The van der Waals surface area contributed by atoms with Gasteiger partial charge in [0.15, 0.2) is 6.29 Å². The molecule has 260 valence electrons. The molecule has 45 heavy (non-hydrogen) atoms. The van der Waals surface area contributed by atoms with Crippen molar-refractivity contribution in [3.05, 3.63) is 11.6 Å². The Hall–Kier alpha value is -0.620. The first-order valence-corrected chi connectivity index (χ1v) is 17.5. The molecular weight excluding hydrogens is 576 g/mol. The van der Waals surface area contributed by atoms with E-state index in [0.717, 1.165) is 44.9 Å². The second-order valence-corrected chi connectivity index (χ2v) is 17.4. The van der Waals surface area contributed by atoms with E-state index in [0.29, 0.717) is 18.3 Å². The normalized spacial score (nSPS) is 49.4. The third kappa shape index (κ3) is 5.48. The van der Waals surface area contributed by atoms with E-state index >= 15 is 0 Å². The molecule has 15 atom stereocenters. The summed E-state index contributed by atoms with van der Waals surface area (Å²) in [5, 5.41) is 74.7. The molecule has 4 fully saturated rings. The van der Waals surface area contributed by atoms with Crippen LogP contribution in [0.5, 0.6) is 0 Å². The molecule has 5 rings (SSSR count). The van der Waals surface area contributed by atoms with Gasteiger partial charge in [0.25, 0.3) is 0 Å². The van der Waals surface area contributed by atoms with Crippen LogP contribution in [-0.4, -0.2) is 97.0 Å². The first-order chi connectivity index (χ1) is 20.7. The molecule has 4 aliphatic carbocycles. The van der Waals surface area contributed by atoms with Gasteiger partial charge in [-0.25, -0.2) is 0 Å². The van der Waals surface area contributed by atoms with Crippen molar-refractivity contribution >= 4 is 0 Å². The molecule has 0 spiro atoms. The summed E-state index contributed by atoms with van der Waals surface area (Å²) in [6.45, 7) is 16.5. The van der Waals surface area contributed by atoms with Gasteiger partial charge in [-0.1, -0.05) is 53.2 Å². The number of aliphatic hydroxyl groups excluding tert-OH is 6. The average molecular weight is 639 g/mol. The summed E-state index contributed by atoms with van der Waals surface area (Å²) in [6, 6.07) is 0. The van der Waals surface area contributed by atoms with Gasteiger partial charge >= 0.3 is 0 Å². The molecule has 0 amide bonds. The highest BCUT2D eigenvalue weighted by Crippen LogP contribution is 2.75. The van der Waals surface area contributed by atoms with Crippen molar-refractivity contribution in [1.29, 1.82) is 0 Å². The molecule has 0 aromatic heterocycles. The lowest BCUT2D eigenvalue weighted by Crippen LogP contribution is -2.64. The van der Waals surface area contributed by atoms with E-state index < -0.39 is 55.1 Å². The molecule has 0 aromatic carbocycles. The van der Waals surface area contributed by atoms with E-state index in [-0.39, 0.29) is 39.6 Å². The highest BCUT2D eigenvalue weighted by molar-refractivity contribution is 5.31. The summed E-state index contributed by atoms with van der Waals surface area (Å²) < 4.78 is 11.7. The van der Waals surface area contributed by atoms with Gasteiger partial charge in [0.2, 0.25) is 0 Å². The van der Waals surface area contributed by atoms with E-state index in [1.807, 2.05) is 0 Å². The van der Waals surface area contributed by atoms with Gasteiger partial charge in [0, 0.05) is 10.8 Å². The smallest absolute Gasteiger partial charge is 0.187 e. The Bertz CT molecular complexity index is 1100. The van der Waals surface area contributed by atoms with Crippen LogP contribution in [-0.2, 0) is 9.47 Å². The van der Waals surface area contributed by atoms with Crippen molar-refractivity contribution < 1.29 is 45.2 Å². The van der Waals surface area contributed by atoms with E-state index in [1.165, 1.54) is 5.57 Å². The zero-order chi connectivity index (χ0) is 33.5. The lowest BCUT2D eigenvalue weighted by atomic mass is 9.38. The van der Waals surface area contributed by atoms with Crippen LogP contribution in [0.4, 0.5) is 0 Å². The second kappa shape index (κ2) is 12.1. The molecule has 5 aliphatic rings. The van der Waals surface area contributed by atoms with Gasteiger partial charge < -0.3 is 45.2 Å². The number of aliphatic hydroxyl groups is 7. The van der Waals surface area contributed by atoms with Crippen LogP contribution in [0.15, 0.2) is 11.6 Å². The molecule has 0 aromatic rings. The highest BCUT2D eigenvalue weighted by atomic mass is 16.7. The van der Waals surface area contributed by atoms with Gasteiger partial charge in [0.05, 0.1) is 30.5 Å². The summed E-state index contributed by atoms with van der Waals surface area (Å²) in [6.07, 6.45) is 0.736. The Morgan fingerprint density at radius 3 is 2.20 bits per heavy atom. The zero-order valence-corrected chi connectivity index (χ0v) is 28.8. The van der Waals surface area contributed by atoms with Crippen molar-refractivity contribution in [2.45, 2.75) is 161 Å². The van der Waals surface area contributed by atoms with Gasteiger partial charge in [-0.15, -0.1) is 0 Å². The minimum atomic E-state index is -1.54. The number of ether oxygens (including phenoxy) is 2. The van der Waals surface area contributed by atoms with Crippen molar-refractivity contribution in [2.24, 2.45) is 45.3 Å². The Balaban J connectivity index is 1.33. The molecule has 0 unspecified atom stereocenters. The quantitative estimate of drug-likeness (QED) is 0.198. The molecule has 0 bridgehead atoms. The fourth-order valence-corrected chi connectivity index (χ4v) is 11.2. The third-order valence-corrected chi connectivity index (χ3v) is 14.5. The van der Waals surface area contributed by atoms with Crippen LogP contribution in [0.3, 0.4) is 0 Å². The molecule has 9 nitrogen and oxygen atoms in total. The maximum absolute atomic E-state index is 12.1. The van der Waals surface area contributed by atoms with E-state index in [1.54, 1.807) is 13.8 Å². The topological polar surface area (TPSA) is 160 Å². The lowest BCUT2D eigenvalue weighted by Gasteiger charge is -2.67. The predicted molar refractivity (Wildman–Crippen MR) is 170 cm³/mol. The van der Waals surface area contributed by atoms with Gasteiger partial charge in [0.1, 0.15) is 24.4 Å². The Morgan fingerprint density at radius 1 is 0.911 bits per heavy atom. The highest BCUT2D eigenvalue weighted by Gasteiger charge is 2.70. The third-order valence-electron chi connectivity index (χ3n) is 14.5. The molecule has 1 saturated heterocycles. The number of hydrogen-bond acceptors (Lipinski definition) is 9. The van der Waals surface area contributed by atoms with Gasteiger partial charge in [-0.3, -0.25) is 0 Å². The van der Waals surface area contributed by atoms with Crippen molar-refractivity contribution in [2.75, 3.05) is 6.61 Å². The molecule has 7 N–H and O–H groups in total. The fourth-order valence-electron chi connectivity index (χ4n) is 11.2. The lowest BCUT2D eigenvalue weighted by molar-refractivity contribution is -0.322. The second-order valence-electron chi connectivity index (χ2n) is 17.4. The Kier molecular flexibility index (Phi) is 9.56. The number of hydrogen-bond donors (Lipinski definition) is 7. The van der Waals surface area contributed by atoms with Gasteiger partial charge in [-0.05, 0) is 99.7 Å². The minimum absolute atomic E-state index is 0.0463. The standard InChI is InChI=1S/C36H62O9/c1-19(9-14-27(33(4,5)43)45-31-30(42)29(41)28(40)23(18-37)44-31)20-15-16-34(6)24-12-10-21-22(11-13-25(38)32(21,2)3)36(24,8)26(39)17-35(20,34)7/h10,19-20,22-31,37-43H,9,11-18H2,1-8H3/t19-,20-,22-,23-,24+,25+,26-,27-,28-,29+,30-,31+,34+,35-,36+/m1/s1. The largest absolute Gasteiger partial charge is 0.394 e. The molecule has 9 heteroatoms. The van der Waals surface area contributed by atoms with Crippen molar-refractivity contribution in [3.63, 3.8) is 0 Å². The van der Waals surface area contributed by atoms with Crippen molar-refractivity contribution in [1.82, 2.24) is 0 Å². The summed E-state index contributed by atoms with van der Waals surface area (Å²) in [4.78, 5) is 0. The SMILES string of the molecule is C[C@H](CC[C@@H](O[C@@H]1O[C@H](CO)[C@@H](O)[C@H](O)[C@H]1O)C(C)(C)O)[C@H]1CC[C@@]2(C)[C@@H]3CC=C4[C@@H](CC[C@H](O)C4(C)C)[C@]3(C)[C@H](O)C[C@]12C. The van der Waals surface area contributed by atoms with Crippen LogP contribution in [0.1, 0.15) is 107 Å². The average Bonchev–Trinajstić information content (AvgIpc) is 3.22. The van der Waals surface area contributed by atoms with Gasteiger partial charge in [-0.2, -0.15) is 0 Å². The Morgan fingerprint density at radius 2 is 1.58 bits per heavy atom. The van der Waals surface area contributed by atoms with Crippen LogP contribution in [0.2, 0.25) is 0 Å². The fraction of sp³-hybridized carbons (Fsp3) is 0.944. The Labute approximate surface area is 270 Å². The number of fused-ring (bicyclic) bond motifs is 5. The molecule has 3 saturated carbocycles. The van der Waals surface area contributed by atoms with E-state index in [9.17, 15) is 35.7 Å². The first kappa shape index (κ1) is 35.7. The summed E-state index contributed by atoms with van der Waals surface area (Å²) >= 11 is 0. The van der Waals surface area contributed by atoms with Crippen LogP contribution < -0.4 is 0 Å². The maximum atomic E-state index is 12.1. The predicted octanol–water partition coefficient (Wildman–Crippen LogP) is 3.30. The summed E-state index contributed by atoms with van der Waals surface area (Å²) in [5.41, 5.74) is -0.481. The monoisotopic (exact) mass is 638 g/mol. The maximum Gasteiger partial charge on any atom is 0.187 e. The molecular formula is C36H62O9. The summed E-state index contributed by atoms with van der Waals surface area (Å²) in [5.74, 6) is 1.26. The zero-order valence-electron chi connectivity index (χ0n) is 28.8.